The summed E-state index contributed by atoms with van der Waals surface area (Å²) >= 11 is 0. The molecule has 0 amide bonds. The minimum Gasteiger partial charge on any atom is -0.316 e. The van der Waals surface area contributed by atoms with E-state index in [2.05, 4.69) is 10.0 Å². The minimum absolute atomic E-state index is 0. The lowest BCUT2D eigenvalue weighted by Crippen LogP contribution is -2.37. The number of likely N-dealkylation sites (N-methyl/N-ethyl adjacent to an activating group) is 1. The van der Waals surface area contributed by atoms with Crippen LogP contribution in [-0.2, 0) is 22.0 Å². The van der Waals surface area contributed by atoms with E-state index in [0.717, 1.165) is 6.07 Å². The third-order valence-electron chi connectivity index (χ3n) is 2.77. The van der Waals surface area contributed by atoms with E-state index in [0.29, 0.717) is 0 Å². The van der Waals surface area contributed by atoms with E-state index in [-0.39, 0.29) is 30.6 Å². The zero-order valence-corrected chi connectivity index (χ0v) is 13.2. The van der Waals surface area contributed by atoms with Gasteiger partial charge in [-0.2, -0.15) is 13.2 Å². The van der Waals surface area contributed by atoms with Gasteiger partial charge < -0.3 is 5.32 Å². The van der Waals surface area contributed by atoms with Gasteiger partial charge in [0.25, 0.3) is 0 Å². The van der Waals surface area contributed by atoms with Crippen LogP contribution in [0.15, 0.2) is 24.3 Å². The highest BCUT2D eigenvalue weighted by Crippen LogP contribution is 2.32. The molecule has 4 nitrogen and oxygen atoms in total. The summed E-state index contributed by atoms with van der Waals surface area (Å²) in [6, 6.07) is 4.55. The topological polar surface area (TPSA) is 58.2 Å². The first kappa shape index (κ1) is 20.2. The zero-order valence-electron chi connectivity index (χ0n) is 11.6. The molecule has 0 saturated heterocycles. The van der Waals surface area contributed by atoms with Crippen LogP contribution in [-0.4, -0.2) is 28.1 Å². The summed E-state index contributed by atoms with van der Waals surface area (Å²) < 4.78 is 64.2. The third-order valence-corrected chi connectivity index (χ3v) is 4.07. The fourth-order valence-corrected chi connectivity index (χ4v) is 2.80. The van der Waals surface area contributed by atoms with Crippen LogP contribution < -0.4 is 10.0 Å². The molecule has 9 heteroatoms. The fourth-order valence-electron chi connectivity index (χ4n) is 1.53. The van der Waals surface area contributed by atoms with Gasteiger partial charge in [-0.25, -0.2) is 13.1 Å². The van der Waals surface area contributed by atoms with Gasteiger partial charge in [0.15, 0.2) is 0 Å². The van der Waals surface area contributed by atoms with Gasteiger partial charge >= 0.3 is 6.18 Å². The molecule has 1 rings (SSSR count). The molecule has 0 fully saturated rings. The molecule has 1 aromatic rings. The Balaban J connectivity index is 0.00000400. The van der Waals surface area contributed by atoms with Crippen LogP contribution in [0.1, 0.15) is 18.1 Å². The molecule has 122 valence electrons. The number of benzene rings is 1. The molecule has 0 aromatic heterocycles. The molecule has 0 radical (unpaired) electrons. The van der Waals surface area contributed by atoms with Crippen LogP contribution >= 0.6 is 12.4 Å². The second-order valence-electron chi connectivity index (χ2n) is 4.45. The molecule has 0 spiro atoms. The van der Waals surface area contributed by atoms with Crippen LogP contribution in [0.2, 0.25) is 0 Å². The number of nitrogens with one attached hydrogen (secondary N) is 2. The summed E-state index contributed by atoms with van der Waals surface area (Å²) in [5, 5.41) is 2.83. The SMILES string of the molecule is CNC(C)CNS(=O)(=O)Cc1ccccc1C(F)(F)F.Cl. The molecular weight excluding hydrogens is 329 g/mol. The molecule has 0 heterocycles. The first-order valence-corrected chi connectivity index (χ1v) is 7.60. The molecule has 0 bridgehead atoms. The first-order valence-electron chi connectivity index (χ1n) is 5.95. The summed E-state index contributed by atoms with van der Waals surface area (Å²) in [5.74, 6) is -0.695. The highest BCUT2D eigenvalue weighted by atomic mass is 35.5. The second kappa shape index (κ2) is 7.98. The second-order valence-corrected chi connectivity index (χ2v) is 6.26. The minimum atomic E-state index is -4.57. The third kappa shape index (κ3) is 6.64. The summed E-state index contributed by atoms with van der Waals surface area (Å²) in [6.07, 6.45) is -4.57. The summed E-state index contributed by atoms with van der Waals surface area (Å²) in [7, 11) is -2.15. The maximum absolute atomic E-state index is 12.8. The molecule has 0 aliphatic rings. The zero-order chi connectivity index (χ0) is 15.4. The molecule has 2 N–H and O–H groups in total. The summed E-state index contributed by atoms with van der Waals surface area (Å²) in [6.45, 7) is 1.87. The Hall–Kier alpha value is -0.830. The molecule has 21 heavy (non-hydrogen) atoms. The predicted molar refractivity (Wildman–Crippen MR) is 77.8 cm³/mol. The Kier molecular flexibility index (Phi) is 7.66. The van der Waals surface area contributed by atoms with Crippen LogP contribution in [0.5, 0.6) is 0 Å². The van der Waals surface area contributed by atoms with Crippen LogP contribution in [0.3, 0.4) is 0 Å². The normalized spacial score (nSPS) is 13.6. The van der Waals surface area contributed by atoms with Crippen molar-refractivity contribution < 1.29 is 21.6 Å². The van der Waals surface area contributed by atoms with Gasteiger partial charge in [0.1, 0.15) is 0 Å². The average molecular weight is 347 g/mol. The van der Waals surface area contributed by atoms with Crippen LogP contribution in [0.25, 0.3) is 0 Å². The maximum Gasteiger partial charge on any atom is 0.416 e. The first-order chi connectivity index (χ1) is 9.15. The Labute approximate surface area is 128 Å². The van der Waals surface area contributed by atoms with Gasteiger partial charge in [0, 0.05) is 12.6 Å². The van der Waals surface area contributed by atoms with E-state index >= 15 is 0 Å². The lowest BCUT2D eigenvalue weighted by Gasteiger charge is -2.15. The quantitative estimate of drug-likeness (QED) is 0.830. The number of hydrogen-bond donors (Lipinski definition) is 2. The number of alkyl halides is 3. The van der Waals surface area contributed by atoms with Crippen molar-refractivity contribution in [1.29, 1.82) is 0 Å². The van der Waals surface area contributed by atoms with E-state index in [4.69, 9.17) is 0 Å². The standard InChI is InChI=1S/C12H17F3N2O2S.ClH/c1-9(16-2)7-17-20(18,19)8-10-5-3-4-6-11(10)12(13,14)15;/h3-6,9,16-17H,7-8H2,1-2H3;1H. The van der Waals surface area contributed by atoms with Crippen molar-refractivity contribution in [2.75, 3.05) is 13.6 Å². The molecule has 0 aliphatic carbocycles. The molecule has 1 unspecified atom stereocenters. The maximum atomic E-state index is 12.8. The number of hydrogen-bond acceptors (Lipinski definition) is 3. The largest absolute Gasteiger partial charge is 0.416 e. The van der Waals surface area contributed by atoms with Gasteiger partial charge in [-0.1, -0.05) is 18.2 Å². The van der Waals surface area contributed by atoms with Gasteiger partial charge in [-0.3, -0.25) is 0 Å². The van der Waals surface area contributed by atoms with Gasteiger partial charge in [-0.15, -0.1) is 12.4 Å². The number of sulfonamides is 1. The van der Waals surface area contributed by atoms with Gasteiger partial charge in [-0.05, 0) is 25.6 Å². The van der Waals surface area contributed by atoms with Crippen LogP contribution in [0.4, 0.5) is 13.2 Å². The Bertz CT molecular complexity index is 550. The van der Waals surface area contributed by atoms with E-state index < -0.39 is 27.5 Å². The van der Waals surface area contributed by atoms with Crippen molar-refractivity contribution >= 4 is 22.4 Å². The molecular formula is C12H18ClF3N2O2S. The molecule has 1 atom stereocenters. The molecule has 1 aromatic carbocycles. The van der Waals surface area contributed by atoms with Gasteiger partial charge in [0.2, 0.25) is 10.0 Å². The summed E-state index contributed by atoms with van der Waals surface area (Å²) in [4.78, 5) is 0. The van der Waals surface area contributed by atoms with Crippen molar-refractivity contribution in [2.24, 2.45) is 0 Å². The van der Waals surface area contributed by atoms with E-state index in [1.54, 1.807) is 14.0 Å². The van der Waals surface area contributed by atoms with Crippen molar-refractivity contribution in [3.63, 3.8) is 0 Å². The van der Waals surface area contributed by atoms with E-state index in [9.17, 15) is 21.6 Å². The van der Waals surface area contributed by atoms with Gasteiger partial charge in [0.05, 0.1) is 11.3 Å². The van der Waals surface area contributed by atoms with Crippen molar-refractivity contribution in [3.8, 4) is 0 Å². The van der Waals surface area contributed by atoms with E-state index in [1.165, 1.54) is 18.2 Å². The van der Waals surface area contributed by atoms with Crippen molar-refractivity contribution in [1.82, 2.24) is 10.0 Å². The number of rotatable bonds is 6. The predicted octanol–water partition coefficient (Wildman–Crippen LogP) is 2.15. The highest BCUT2D eigenvalue weighted by molar-refractivity contribution is 7.88. The monoisotopic (exact) mass is 346 g/mol. The summed E-state index contributed by atoms with van der Waals surface area (Å²) in [5.41, 5.74) is -1.18. The molecule has 0 saturated carbocycles. The lowest BCUT2D eigenvalue weighted by molar-refractivity contribution is -0.138. The van der Waals surface area contributed by atoms with Crippen molar-refractivity contribution in [2.45, 2.75) is 24.9 Å². The van der Waals surface area contributed by atoms with E-state index in [1.807, 2.05) is 0 Å². The average Bonchev–Trinajstić information content (AvgIpc) is 2.35. The Morgan fingerprint density at radius 1 is 1.24 bits per heavy atom. The fraction of sp³-hybridized carbons (Fsp3) is 0.500. The highest BCUT2D eigenvalue weighted by Gasteiger charge is 2.33. The Morgan fingerprint density at radius 2 is 1.81 bits per heavy atom. The van der Waals surface area contributed by atoms with Crippen LogP contribution in [0, 0.1) is 0 Å². The smallest absolute Gasteiger partial charge is 0.316 e. The molecule has 0 aliphatic heterocycles. The lowest BCUT2D eigenvalue weighted by atomic mass is 10.1. The number of halogens is 4. The Morgan fingerprint density at radius 3 is 2.33 bits per heavy atom. The van der Waals surface area contributed by atoms with Crippen molar-refractivity contribution in [3.05, 3.63) is 35.4 Å².